The van der Waals surface area contributed by atoms with Gasteiger partial charge in [0.2, 0.25) is 11.8 Å². The molecule has 3 aliphatic rings. The molecule has 174 valence electrons. The molecule has 3 aromatic carbocycles. The number of imide groups is 1. The van der Waals surface area contributed by atoms with Gasteiger partial charge in [0, 0.05) is 11.1 Å². The monoisotopic (exact) mass is 466 g/mol. The van der Waals surface area contributed by atoms with Gasteiger partial charge in [-0.2, -0.15) is 0 Å². The highest BCUT2D eigenvalue weighted by Gasteiger charge is 2.59. The molecule has 2 fully saturated rings. The van der Waals surface area contributed by atoms with Crippen molar-refractivity contribution in [3.8, 4) is 0 Å². The number of amides is 3. The number of allylic oxidation sites excluding steroid dienone is 2. The van der Waals surface area contributed by atoms with Crippen LogP contribution in [-0.2, 0) is 19.1 Å². The molecule has 0 spiro atoms. The Morgan fingerprint density at radius 3 is 2.23 bits per heavy atom. The molecule has 4 atom stereocenters. The van der Waals surface area contributed by atoms with E-state index in [4.69, 9.17) is 4.74 Å². The molecule has 0 aromatic heterocycles. The molecule has 0 unspecified atom stereocenters. The van der Waals surface area contributed by atoms with Crippen LogP contribution in [-0.4, -0.2) is 30.3 Å². The highest BCUT2D eigenvalue weighted by molar-refractivity contribution is 6.22. The molecule has 7 nitrogen and oxygen atoms in total. The number of hydrogen-bond donors (Lipinski definition) is 1. The molecular weight excluding hydrogens is 444 g/mol. The van der Waals surface area contributed by atoms with E-state index >= 15 is 0 Å². The highest BCUT2D eigenvalue weighted by atomic mass is 16.5. The minimum Gasteiger partial charge on any atom is -0.452 e. The van der Waals surface area contributed by atoms with Gasteiger partial charge in [0.05, 0.1) is 23.1 Å². The molecule has 2 bridgehead atoms. The molecule has 1 saturated heterocycles. The van der Waals surface area contributed by atoms with Crippen molar-refractivity contribution in [2.24, 2.45) is 23.7 Å². The number of fused-ring (bicyclic) bond motifs is 6. The quantitative estimate of drug-likeness (QED) is 0.349. The van der Waals surface area contributed by atoms with E-state index in [2.05, 4.69) is 17.5 Å². The summed E-state index contributed by atoms with van der Waals surface area (Å²) < 4.78 is 5.17. The van der Waals surface area contributed by atoms with Crippen molar-refractivity contribution in [2.45, 2.75) is 6.42 Å². The summed E-state index contributed by atoms with van der Waals surface area (Å²) in [5.74, 6) is -1.72. The molecule has 35 heavy (non-hydrogen) atoms. The van der Waals surface area contributed by atoms with Crippen LogP contribution in [0.25, 0.3) is 10.8 Å². The van der Waals surface area contributed by atoms with E-state index in [0.29, 0.717) is 11.4 Å². The predicted molar refractivity (Wildman–Crippen MR) is 130 cm³/mol. The van der Waals surface area contributed by atoms with Gasteiger partial charge in [0.25, 0.3) is 5.91 Å². The Morgan fingerprint density at radius 1 is 0.857 bits per heavy atom. The zero-order valence-corrected chi connectivity index (χ0v) is 18.7. The molecule has 3 aromatic rings. The fourth-order valence-electron chi connectivity index (χ4n) is 5.64. The lowest BCUT2D eigenvalue weighted by atomic mass is 9.85. The first kappa shape index (κ1) is 21.3. The maximum atomic E-state index is 13.0. The maximum absolute atomic E-state index is 13.0. The van der Waals surface area contributed by atoms with E-state index in [-0.39, 0.29) is 41.0 Å². The summed E-state index contributed by atoms with van der Waals surface area (Å²) >= 11 is 0. The zero-order chi connectivity index (χ0) is 24.1. The molecule has 1 heterocycles. The summed E-state index contributed by atoms with van der Waals surface area (Å²) in [7, 11) is 0. The standard InChI is InChI=1S/C28H22N2O5/c31-23(29-22-7-3-5-16-4-1-2-6-21(16)22)15-35-28(34)17-10-12-20(13-11-17)30-26(32)24-18-8-9-19(14-18)25(24)27(30)33/h1-13,18-19,24-25H,14-15H2,(H,29,31)/t18-,19-,24+,25+/m0/s1. The number of carbonyl (C=O) groups is 4. The molecule has 2 aliphatic carbocycles. The normalized spacial score (nSPS) is 24.2. The van der Waals surface area contributed by atoms with E-state index in [1.54, 1.807) is 18.2 Å². The molecule has 1 N–H and O–H groups in total. The van der Waals surface area contributed by atoms with Gasteiger partial charge in [-0.25, -0.2) is 4.79 Å². The average Bonchev–Trinajstić information content (AvgIpc) is 3.56. The lowest BCUT2D eigenvalue weighted by molar-refractivity contribution is -0.123. The van der Waals surface area contributed by atoms with Crippen molar-refractivity contribution in [1.29, 1.82) is 0 Å². The number of ether oxygens (including phenoxy) is 1. The topological polar surface area (TPSA) is 92.8 Å². The van der Waals surface area contributed by atoms with Gasteiger partial charge < -0.3 is 10.1 Å². The number of benzene rings is 3. The van der Waals surface area contributed by atoms with Crippen LogP contribution in [0.3, 0.4) is 0 Å². The second-order valence-corrected chi connectivity index (χ2v) is 9.21. The first-order valence-corrected chi connectivity index (χ1v) is 11.6. The summed E-state index contributed by atoms with van der Waals surface area (Å²) in [4.78, 5) is 52.0. The van der Waals surface area contributed by atoms with E-state index in [1.807, 2.05) is 36.4 Å². The third kappa shape index (κ3) is 3.51. The van der Waals surface area contributed by atoms with Crippen molar-refractivity contribution in [2.75, 3.05) is 16.8 Å². The number of hydrogen-bond acceptors (Lipinski definition) is 5. The summed E-state index contributed by atoms with van der Waals surface area (Å²) in [6, 6.07) is 19.4. The van der Waals surface area contributed by atoms with Crippen molar-refractivity contribution < 1.29 is 23.9 Å². The summed E-state index contributed by atoms with van der Waals surface area (Å²) in [5.41, 5.74) is 1.31. The number of nitrogens with one attached hydrogen (secondary N) is 1. The molecule has 6 rings (SSSR count). The third-order valence-corrected chi connectivity index (χ3v) is 7.23. The molecule has 7 heteroatoms. The van der Waals surface area contributed by atoms with Crippen LogP contribution in [0.2, 0.25) is 0 Å². The van der Waals surface area contributed by atoms with Crippen molar-refractivity contribution in [1.82, 2.24) is 0 Å². The van der Waals surface area contributed by atoms with Crippen LogP contribution in [0.15, 0.2) is 78.9 Å². The van der Waals surface area contributed by atoms with Crippen LogP contribution < -0.4 is 10.2 Å². The Labute approximate surface area is 201 Å². The Bertz CT molecular complexity index is 1380. The van der Waals surface area contributed by atoms with E-state index < -0.39 is 18.5 Å². The van der Waals surface area contributed by atoms with Gasteiger partial charge in [-0.15, -0.1) is 0 Å². The summed E-state index contributed by atoms with van der Waals surface area (Å²) in [5, 5.41) is 4.66. The maximum Gasteiger partial charge on any atom is 0.338 e. The summed E-state index contributed by atoms with van der Waals surface area (Å²) in [6.45, 7) is -0.438. The van der Waals surface area contributed by atoms with Crippen LogP contribution in [0.1, 0.15) is 16.8 Å². The first-order valence-electron chi connectivity index (χ1n) is 11.6. The first-order chi connectivity index (χ1) is 17.0. The number of nitrogens with zero attached hydrogens (tertiary/aromatic N) is 1. The van der Waals surface area contributed by atoms with Crippen molar-refractivity contribution in [3.63, 3.8) is 0 Å². The minimum absolute atomic E-state index is 0.140. The van der Waals surface area contributed by atoms with Gasteiger partial charge in [-0.1, -0.05) is 48.6 Å². The minimum atomic E-state index is -0.664. The number of anilines is 2. The fourth-order valence-corrected chi connectivity index (χ4v) is 5.64. The Balaban J connectivity index is 1.09. The van der Waals surface area contributed by atoms with Gasteiger partial charge in [0.1, 0.15) is 0 Å². The van der Waals surface area contributed by atoms with Crippen LogP contribution in [0, 0.1) is 23.7 Å². The molecular formula is C28H22N2O5. The molecule has 1 saturated carbocycles. The fraction of sp³-hybridized carbons (Fsp3) is 0.214. The van der Waals surface area contributed by atoms with Crippen molar-refractivity contribution in [3.05, 3.63) is 84.4 Å². The second-order valence-electron chi connectivity index (χ2n) is 9.21. The third-order valence-electron chi connectivity index (χ3n) is 7.23. The Kier molecular flexibility index (Phi) is 4.99. The lowest BCUT2D eigenvalue weighted by Gasteiger charge is -2.17. The largest absolute Gasteiger partial charge is 0.452 e. The predicted octanol–water partition coefficient (Wildman–Crippen LogP) is 3.95. The van der Waals surface area contributed by atoms with E-state index in [1.165, 1.54) is 17.0 Å². The molecule has 3 amide bonds. The Morgan fingerprint density at radius 2 is 1.51 bits per heavy atom. The lowest BCUT2D eigenvalue weighted by Crippen LogP contribution is -2.32. The molecule has 0 radical (unpaired) electrons. The SMILES string of the molecule is O=C(COC(=O)c1ccc(N2C(=O)[C@H]3[C@H](C2=O)[C@H]2C=C[C@H]3C2)cc1)Nc1cccc2ccccc12. The average molecular weight is 466 g/mol. The Hall–Kier alpha value is -4.26. The number of carbonyl (C=O) groups excluding carboxylic acids is 4. The van der Waals surface area contributed by atoms with Crippen LogP contribution >= 0.6 is 0 Å². The smallest absolute Gasteiger partial charge is 0.338 e. The van der Waals surface area contributed by atoms with Gasteiger partial charge in [0.15, 0.2) is 6.61 Å². The molecule has 1 aliphatic heterocycles. The highest BCUT2D eigenvalue weighted by Crippen LogP contribution is 2.53. The van der Waals surface area contributed by atoms with E-state index in [9.17, 15) is 19.2 Å². The van der Waals surface area contributed by atoms with Gasteiger partial charge >= 0.3 is 5.97 Å². The van der Waals surface area contributed by atoms with Crippen LogP contribution in [0.4, 0.5) is 11.4 Å². The van der Waals surface area contributed by atoms with Crippen LogP contribution in [0.5, 0.6) is 0 Å². The second kappa shape index (κ2) is 8.20. The summed E-state index contributed by atoms with van der Waals surface area (Å²) in [6.07, 6.45) is 4.98. The van der Waals surface area contributed by atoms with Crippen molar-refractivity contribution >= 4 is 45.8 Å². The number of rotatable bonds is 5. The van der Waals surface area contributed by atoms with Gasteiger partial charge in [-0.3, -0.25) is 19.3 Å². The number of esters is 1. The van der Waals surface area contributed by atoms with Gasteiger partial charge in [-0.05, 0) is 54.0 Å². The van der Waals surface area contributed by atoms with E-state index in [0.717, 1.165) is 17.2 Å². The zero-order valence-electron chi connectivity index (χ0n) is 18.7.